The molecule has 0 bridgehead atoms. The van der Waals surface area contributed by atoms with Crippen LogP contribution in [-0.4, -0.2) is 37.0 Å². The fourth-order valence-corrected chi connectivity index (χ4v) is 6.00. The fourth-order valence-electron chi connectivity index (χ4n) is 3.92. The van der Waals surface area contributed by atoms with Gasteiger partial charge in [0.15, 0.2) is 0 Å². The maximum atomic E-state index is 13.0. The lowest BCUT2D eigenvalue weighted by Gasteiger charge is -2.19. The lowest BCUT2D eigenvalue weighted by Crippen LogP contribution is -2.40. The van der Waals surface area contributed by atoms with Gasteiger partial charge in [-0.2, -0.15) is 13.2 Å². The van der Waals surface area contributed by atoms with E-state index in [4.69, 9.17) is 0 Å². The van der Waals surface area contributed by atoms with Gasteiger partial charge in [0.2, 0.25) is 0 Å². The molecular weight excluding hydrogens is 501 g/mol. The number of hydrogen-bond donors (Lipinski definition) is 1. The van der Waals surface area contributed by atoms with E-state index in [1.54, 1.807) is 31.3 Å². The maximum absolute atomic E-state index is 13.0. The summed E-state index contributed by atoms with van der Waals surface area (Å²) in [5, 5.41) is 0.757. The maximum Gasteiger partial charge on any atom is 0.471 e. The Labute approximate surface area is 202 Å². The van der Waals surface area contributed by atoms with Crippen LogP contribution in [0.1, 0.15) is 11.1 Å². The Balaban J connectivity index is 1.39. The molecule has 35 heavy (non-hydrogen) atoms. The number of nitrogens with one attached hydrogen (secondary N) is 1. The molecule has 0 unspecified atom stereocenters. The van der Waals surface area contributed by atoms with E-state index >= 15 is 0 Å². The van der Waals surface area contributed by atoms with Crippen molar-refractivity contribution in [1.82, 2.24) is 9.97 Å². The summed E-state index contributed by atoms with van der Waals surface area (Å²) in [5.41, 5.74) is 3.06. The van der Waals surface area contributed by atoms with Crippen LogP contribution in [0.2, 0.25) is 0 Å². The molecule has 0 saturated carbocycles. The van der Waals surface area contributed by atoms with Crippen LogP contribution < -0.4 is 9.62 Å². The Hall–Kier alpha value is -3.51. The number of hydrogen-bond acceptors (Lipinski definition) is 6. The Morgan fingerprint density at radius 2 is 1.94 bits per heavy atom. The van der Waals surface area contributed by atoms with E-state index in [0.717, 1.165) is 20.9 Å². The normalized spacial score (nSPS) is 13.8. The largest absolute Gasteiger partial charge is 0.471 e. The van der Waals surface area contributed by atoms with Gasteiger partial charge in [0.25, 0.3) is 10.0 Å². The summed E-state index contributed by atoms with van der Waals surface area (Å²) in [4.78, 5) is 21.8. The Morgan fingerprint density at radius 3 is 2.66 bits per heavy atom. The third kappa shape index (κ3) is 4.34. The molecule has 7 nitrogen and oxygen atoms in total. The van der Waals surface area contributed by atoms with Crippen LogP contribution in [0.3, 0.4) is 0 Å². The number of sulfonamides is 1. The zero-order chi connectivity index (χ0) is 25.0. The molecule has 180 valence electrons. The van der Waals surface area contributed by atoms with E-state index in [0.29, 0.717) is 21.7 Å². The first-order valence-electron chi connectivity index (χ1n) is 10.4. The highest BCUT2D eigenvalue weighted by Crippen LogP contribution is 2.35. The number of fused-ring (bicyclic) bond motifs is 2. The minimum atomic E-state index is -5.00. The van der Waals surface area contributed by atoms with Crippen molar-refractivity contribution in [2.24, 2.45) is 0 Å². The van der Waals surface area contributed by atoms with E-state index in [9.17, 15) is 26.4 Å². The van der Waals surface area contributed by atoms with Gasteiger partial charge in [-0.1, -0.05) is 11.3 Å². The van der Waals surface area contributed by atoms with Gasteiger partial charge in [0.05, 0.1) is 10.6 Å². The number of benzene rings is 2. The summed E-state index contributed by atoms with van der Waals surface area (Å²) in [6.45, 7) is 1.60. The molecule has 4 aromatic rings. The highest BCUT2D eigenvalue weighted by Gasteiger charge is 2.44. The van der Waals surface area contributed by atoms with E-state index in [1.165, 1.54) is 29.5 Å². The zero-order valence-electron chi connectivity index (χ0n) is 18.1. The van der Waals surface area contributed by atoms with Crippen molar-refractivity contribution in [2.75, 3.05) is 16.2 Å². The van der Waals surface area contributed by atoms with Crippen molar-refractivity contribution >= 4 is 49.0 Å². The summed E-state index contributed by atoms with van der Waals surface area (Å²) in [7, 11) is -4.02. The second kappa shape index (κ2) is 8.31. The van der Waals surface area contributed by atoms with E-state index in [1.807, 2.05) is 12.1 Å². The number of thiazole rings is 1. The Morgan fingerprint density at radius 1 is 1.14 bits per heavy atom. The molecule has 0 aliphatic carbocycles. The van der Waals surface area contributed by atoms with E-state index in [-0.39, 0.29) is 23.5 Å². The fraction of sp³-hybridized carbons (Fsp3) is 0.174. The van der Waals surface area contributed by atoms with Gasteiger partial charge < -0.3 is 4.90 Å². The van der Waals surface area contributed by atoms with Crippen molar-refractivity contribution in [3.05, 3.63) is 65.9 Å². The number of aryl methyl sites for hydroxylation is 1. The molecule has 0 spiro atoms. The van der Waals surface area contributed by atoms with Gasteiger partial charge in [-0.3, -0.25) is 9.52 Å². The Kier molecular flexibility index (Phi) is 5.52. The third-order valence-corrected chi connectivity index (χ3v) is 8.02. The van der Waals surface area contributed by atoms with Crippen molar-refractivity contribution in [3.8, 4) is 10.6 Å². The molecule has 0 saturated heterocycles. The molecule has 1 N–H and O–H groups in total. The quantitative estimate of drug-likeness (QED) is 0.414. The van der Waals surface area contributed by atoms with E-state index < -0.39 is 22.1 Å². The number of aromatic nitrogens is 2. The van der Waals surface area contributed by atoms with Gasteiger partial charge in [0, 0.05) is 24.0 Å². The molecule has 1 amide bonds. The van der Waals surface area contributed by atoms with Crippen LogP contribution in [-0.2, 0) is 21.2 Å². The number of anilines is 2. The molecular formula is C23H17F3N4O3S2. The summed E-state index contributed by atoms with van der Waals surface area (Å²) in [6.07, 6.45) is -3.18. The van der Waals surface area contributed by atoms with Crippen LogP contribution in [0.15, 0.2) is 59.6 Å². The van der Waals surface area contributed by atoms with Gasteiger partial charge in [-0.25, -0.2) is 18.4 Å². The predicted molar refractivity (Wildman–Crippen MR) is 127 cm³/mol. The molecule has 1 aliphatic rings. The van der Waals surface area contributed by atoms with Gasteiger partial charge in [-0.05, 0) is 73.0 Å². The molecule has 0 fully saturated rings. The lowest BCUT2D eigenvalue weighted by molar-refractivity contribution is -0.170. The molecule has 2 aromatic heterocycles. The number of carbonyl (C=O) groups excluding carboxylic acids is 1. The van der Waals surface area contributed by atoms with Crippen LogP contribution >= 0.6 is 11.3 Å². The summed E-state index contributed by atoms with van der Waals surface area (Å²) >= 11 is 1.43. The SMILES string of the molecule is Cc1cc(-c2nc3cccnc3s2)ccc1NS(=O)(=O)c1ccc2c(c1)CCN2C(=O)C(F)(F)F. The minimum absolute atomic E-state index is 0.0668. The van der Waals surface area contributed by atoms with Gasteiger partial charge in [-0.15, -0.1) is 0 Å². The Bertz CT molecular complexity index is 1550. The number of pyridine rings is 1. The molecule has 0 radical (unpaired) electrons. The molecule has 12 heteroatoms. The number of rotatable bonds is 4. The number of amides is 1. The molecule has 0 atom stereocenters. The van der Waals surface area contributed by atoms with Crippen LogP contribution in [0.25, 0.3) is 20.9 Å². The average Bonchev–Trinajstić information content (AvgIpc) is 3.43. The topological polar surface area (TPSA) is 92.3 Å². The third-order valence-electron chi connectivity index (χ3n) is 5.63. The second-order valence-electron chi connectivity index (χ2n) is 7.98. The second-order valence-corrected chi connectivity index (χ2v) is 10.6. The summed E-state index contributed by atoms with van der Waals surface area (Å²) in [5.74, 6) is -1.97. The zero-order valence-corrected chi connectivity index (χ0v) is 19.8. The van der Waals surface area contributed by atoms with Crippen molar-refractivity contribution in [3.63, 3.8) is 0 Å². The van der Waals surface area contributed by atoms with E-state index in [2.05, 4.69) is 14.7 Å². The summed E-state index contributed by atoms with van der Waals surface area (Å²) < 4.78 is 67.1. The summed E-state index contributed by atoms with van der Waals surface area (Å²) in [6, 6.07) is 12.6. The molecule has 1 aliphatic heterocycles. The number of nitrogens with zero attached hydrogens (tertiary/aromatic N) is 3. The molecule has 2 aromatic carbocycles. The molecule has 5 rings (SSSR count). The number of halogens is 3. The smallest absolute Gasteiger partial charge is 0.304 e. The van der Waals surface area contributed by atoms with Gasteiger partial charge in [0.1, 0.15) is 15.4 Å². The van der Waals surface area contributed by atoms with Gasteiger partial charge >= 0.3 is 12.1 Å². The number of alkyl halides is 3. The first-order valence-corrected chi connectivity index (χ1v) is 12.7. The first kappa shape index (κ1) is 23.2. The highest BCUT2D eigenvalue weighted by molar-refractivity contribution is 7.92. The average molecular weight is 519 g/mol. The molecule has 3 heterocycles. The highest BCUT2D eigenvalue weighted by atomic mass is 32.2. The van der Waals surface area contributed by atoms with Crippen LogP contribution in [0.4, 0.5) is 24.5 Å². The monoisotopic (exact) mass is 518 g/mol. The van der Waals surface area contributed by atoms with Crippen LogP contribution in [0, 0.1) is 6.92 Å². The standard InChI is InChI=1S/C23H17F3N4O3S2/c1-13-11-15(20-28-18-3-2-9-27-21(18)34-20)4-6-17(13)29-35(32,33)16-5-7-19-14(12-16)8-10-30(19)22(31)23(24,25)26/h2-7,9,11-12,29H,8,10H2,1H3. The van der Waals surface area contributed by atoms with Crippen molar-refractivity contribution < 1.29 is 26.4 Å². The van der Waals surface area contributed by atoms with Crippen LogP contribution in [0.5, 0.6) is 0 Å². The predicted octanol–water partition coefficient (Wildman–Crippen LogP) is 4.92. The lowest BCUT2D eigenvalue weighted by atomic mass is 10.1. The van der Waals surface area contributed by atoms with Crippen molar-refractivity contribution in [1.29, 1.82) is 0 Å². The first-order chi connectivity index (χ1) is 16.5. The van der Waals surface area contributed by atoms with Crippen molar-refractivity contribution in [2.45, 2.75) is 24.4 Å². The number of carbonyl (C=O) groups is 1. The minimum Gasteiger partial charge on any atom is -0.304 e.